The maximum atomic E-state index is 13.9. The maximum Gasteiger partial charge on any atom is 0.284 e. The van der Waals surface area contributed by atoms with E-state index in [9.17, 15) is 32.8 Å². The molecule has 0 aliphatic carbocycles. The molecule has 0 spiro atoms. The average molecular weight is 800 g/mol. The van der Waals surface area contributed by atoms with Crippen LogP contribution in [0.25, 0.3) is 17.1 Å². The van der Waals surface area contributed by atoms with Gasteiger partial charge in [-0.3, -0.25) is 38.9 Å². The Morgan fingerprint density at radius 1 is 0.983 bits per heavy atom. The summed E-state index contributed by atoms with van der Waals surface area (Å²) >= 11 is 0. The summed E-state index contributed by atoms with van der Waals surface area (Å²) in [5.74, 6) is -2.80. The highest BCUT2D eigenvalue weighted by atomic mass is 19.3. The monoisotopic (exact) mass is 799 g/mol. The van der Waals surface area contributed by atoms with Gasteiger partial charge < -0.3 is 24.5 Å². The molecule has 0 bridgehead atoms. The quantitative estimate of drug-likeness (QED) is 0.0838. The Morgan fingerprint density at radius 3 is 2.52 bits per heavy atom. The van der Waals surface area contributed by atoms with Crippen molar-refractivity contribution in [2.45, 2.75) is 44.6 Å². The van der Waals surface area contributed by atoms with E-state index >= 15 is 0 Å². The SMILES string of the molecule is Cn1cc(-c2nc(C(=O)Nc3cn(-c4ccc(CCCCOCCOCCNc5cccc6c5C(=O)N(C5CCC(=O)NC5=O)C6=O)cc4)nc3C(F)F)co2)cn1. The third kappa shape index (κ3) is 8.84. The lowest BCUT2D eigenvalue weighted by Crippen LogP contribution is -2.54. The number of nitrogens with one attached hydrogen (secondary N) is 3. The van der Waals surface area contributed by atoms with E-state index in [2.05, 4.69) is 31.1 Å². The molecule has 3 aromatic heterocycles. The van der Waals surface area contributed by atoms with Gasteiger partial charge in [0.15, 0.2) is 11.4 Å². The van der Waals surface area contributed by atoms with Gasteiger partial charge in [0.2, 0.25) is 17.7 Å². The average Bonchev–Trinajstić information content (AvgIpc) is 4.01. The van der Waals surface area contributed by atoms with Crippen LogP contribution in [0, 0.1) is 0 Å². The number of anilines is 2. The number of fused-ring (bicyclic) bond motifs is 1. The fraction of sp³-hybridized carbons (Fsp3) is 0.333. The van der Waals surface area contributed by atoms with E-state index in [1.54, 1.807) is 42.2 Å². The van der Waals surface area contributed by atoms with Gasteiger partial charge in [-0.2, -0.15) is 10.2 Å². The normalized spacial score (nSPS) is 15.3. The van der Waals surface area contributed by atoms with Crippen LogP contribution < -0.4 is 16.0 Å². The molecule has 302 valence electrons. The summed E-state index contributed by atoms with van der Waals surface area (Å²) in [6.07, 6.45) is 5.28. The van der Waals surface area contributed by atoms with E-state index in [1.165, 1.54) is 23.1 Å². The van der Waals surface area contributed by atoms with Crippen molar-refractivity contribution in [3.63, 3.8) is 0 Å². The Bertz CT molecular complexity index is 2320. The van der Waals surface area contributed by atoms with Gasteiger partial charge in [0.25, 0.3) is 24.1 Å². The minimum Gasteiger partial charge on any atom is -0.444 e. The van der Waals surface area contributed by atoms with Crippen molar-refractivity contribution in [1.82, 2.24) is 34.8 Å². The number of piperidine rings is 1. The van der Waals surface area contributed by atoms with Crippen LogP contribution in [0.1, 0.15) is 74.6 Å². The molecule has 5 heterocycles. The summed E-state index contributed by atoms with van der Waals surface area (Å²) in [4.78, 5) is 68.0. The number of aromatic nitrogens is 5. The molecule has 1 atom stereocenters. The molecule has 2 aliphatic rings. The van der Waals surface area contributed by atoms with Crippen molar-refractivity contribution < 1.29 is 46.6 Å². The molecular formula is C39H39F2N9O8. The van der Waals surface area contributed by atoms with E-state index in [0.29, 0.717) is 49.9 Å². The Kier molecular flexibility index (Phi) is 12.1. The van der Waals surface area contributed by atoms with E-state index in [-0.39, 0.29) is 41.2 Å². The van der Waals surface area contributed by atoms with Gasteiger partial charge in [-0.15, -0.1) is 0 Å². The minimum atomic E-state index is -2.93. The molecule has 5 amide bonds. The van der Waals surface area contributed by atoms with Gasteiger partial charge >= 0.3 is 0 Å². The second kappa shape index (κ2) is 17.7. The molecule has 1 unspecified atom stereocenters. The Morgan fingerprint density at radius 2 is 1.78 bits per heavy atom. The molecule has 0 radical (unpaired) electrons. The molecule has 0 saturated carbocycles. The highest BCUT2D eigenvalue weighted by molar-refractivity contribution is 6.25. The van der Waals surface area contributed by atoms with Crippen molar-refractivity contribution in [1.29, 1.82) is 0 Å². The predicted octanol–water partition coefficient (Wildman–Crippen LogP) is 4.32. The van der Waals surface area contributed by atoms with Crippen LogP contribution >= 0.6 is 0 Å². The van der Waals surface area contributed by atoms with Crippen LogP contribution in [0.3, 0.4) is 0 Å². The molecule has 19 heteroatoms. The second-order valence-corrected chi connectivity index (χ2v) is 13.5. The van der Waals surface area contributed by atoms with Gasteiger partial charge in [0.05, 0.1) is 60.3 Å². The summed E-state index contributed by atoms with van der Waals surface area (Å²) in [6, 6.07) is 11.2. The molecule has 2 aliphatic heterocycles. The first-order valence-corrected chi connectivity index (χ1v) is 18.5. The van der Waals surface area contributed by atoms with Crippen LogP contribution in [-0.4, -0.2) is 98.0 Å². The minimum absolute atomic E-state index is 0.0480. The number of benzene rings is 2. The Hall–Kier alpha value is -6.60. The number of ether oxygens (including phenoxy) is 2. The van der Waals surface area contributed by atoms with Crippen molar-refractivity contribution in [2.75, 3.05) is 43.6 Å². The number of hydrogen-bond donors (Lipinski definition) is 3. The van der Waals surface area contributed by atoms with Crippen LogP contribution in [0.5, 0.6) is 0 Å². The number of carbonyl (C=O) groups is 5. The highest BCUT2D eigenvalue weighted by Crippen LogP contribution is 2.32. The topological polar surface area (TPSA) is 205 Å². The largest absolute Gasteiger partial charge is 0.444 e. The summed E-state index contributed by atoms with van der Waals surface area (Å²) < 4.78 is 47.3. The van der Waals surface area contributed by atoms with E-state index < -0.39 is 47.7 Å². The molecule has 58 heavy (non-hydrogen) atoms. The first-order valence-electron chi connectivity index (χ1n) is 18.5. The number of alkyl halides is 2. The lowest BCUT2D eigenvalue weighted by Gasteiger charge is -2.27. The van der Waals surface area contributed by atoms with Gasteiger partial charge in [-0.05, 0) is 55.5 Å². The zero-order valence-electron chi connectivity index (χ0n) is 31.3. The maximum absolute atomic E-state index is 13.9. The van der Waals surface area contributed by atoms with Crippen molar-refractivity contribution >= 4 is 40.9 Å². The lowest BCUT2D eigenvalue weighted by atomic mass is 10.0. The third-order valence-corrected chi connectivity index (χ3v) is 9.49. The summed E-state index contributed by atoms with van der Waals surface area (Å²) in [5, 5.41) is 15.8. The summed E-state index contributed by atoms with van der Waals surface area (Å²) in [5.41, 5.74) is 2.18. The van der Waals surface area contributed by atoms with E-state index in [1.807, 2.05) is 12.1 Å². The number of nitrogens with zero attached hydrogens (tertiary/aromatic N) is 6. The fourth-order valence-corrected chi connectivity index (χ4v) is 6.60. The Labute approximate surface area is 329 Å². The molecule has 17 nitrogen and oxygen atoms in total. The van der Waals surface area contributed by atoms with Crippen molar-refractivity contribution in [2.24, 2.45) is 7.05 Å². The van der Waals surface area contributed by atoms with Crippen molar-refractivity contribution in [3.05, 3.63) is 95.4 Å². The zero-order chi connectivity index (χ0) is 40.8. The van der Waals surface area contributed by atoms with Crippen LogP contribution in [0.15, 0.2) is 71.7 Å². The zero-order valence-corrected chi connectivity index (χ0v) is 31.3. The van der Waals surface area contributed by atoms with Gasteiger partial charge in [-0.1, -0.05) is 18.2 Å². The second-order valence-electron chi connectivity index (χ2n) is 13.5. The lowest BCUT2D eigenvalue weighted by molar-refractivity contribution is -0.136. The standard InChI is InChI=1S/C39H39F2N9O8/c1-48-20-24(19-43-48)37-45-29(22-58-37)35(52)44-28-21-49(47-33(28)34(40)41)25-10-8-23(9-11-25)5-2-3-15-56-17-18-57-16-14-42-27-7-4-6-26-32(27)39(55)50(38(26)54)30-12-13-31(51)46-36(30)53/h4,6-11,19-22,30,34,42H,2-3,5,12-18H2,1H3,(H,44,52)(H,46,51,53). The Balaban J connectivity index is 0.791. The number of halogens is 2. The first kappa shape index (κ1) is 39.6. The summed E-state index contributed by atoms with van der Waals surface area (Å²) in [7, 11) is 1.72. The third-order valence-electron chi connectivity index (χ3n) is 9.49. The van der Waals surface area contributed by atoms with Gasteiger partial charge in [0.1, 0.15) is 12.3 Å². The highest BCUT2D eigenvalue weighted by Gasteiger charge is 2.45. The van der Waals surface area contributed by atoms with E-state index in [4.69, 9.17) is 13.9 Å². The van der Waals surface area contributed by atoms with Crippen LogP contribution in [0.2, 0.25) is 0 Å². The van der Waals surface area contributed by atoms with Crippen LogP contribution in [-0.2, 0) is 32.5 Å². The predicted molar refractivity (Wildman–Crippen MR) is 201 cm³/mol. The number of imide groups is 2. The summed E-state index contributed by atoms with van der Waals surface area (Å²) in [6.45, 7) is 1.96. The number of rotatable bonds is 18. The number of hydrogen-bond acceptors (Lipinski definition) is 12. The molecule has 7 rings (SSSR count). The fourth-order valence-electron chi connectivity index (χ4n) is 6.60. The molecule has 3 N–H and O–H groups in total. The molecule has 2 aromatic carbocycles. The smallest absolute Gasteiger partial charge is 0.284 e. The molecule has 1 fully saturated rings. The number of unbranched alkanes of at least 4 members (excludes halogenated alkanes) is 1. The number of oxazole rings is 1. The van der Waals surface area contributed by atoms with Gasteiger partial charge in [-0.25, -0.2) is 18.4 Å². The number of amides is 5. The van der Waals surface area contributed by atoms with Crippen LogP contribution in [0.4, 0.5) is 20.2 Å². The number of aryl methyl sites for hydroxylation is 2. The van der Waals surface area contributed by atoms with Gasteiger partial charge in [0, 0.05) is 38.5 Å². The molecule has 5 aromatic rings. The van der Waals surface area contributed by atoms with Crippen molar-refractivity contribution in [3.8, 4) is 17.1 Å². The van der Waals surface area contributed by atoms with E-state index in [0.717, 1.165) is 36.0 Å². The molecule has 1 saturated heterocycles. The molecular weight excluding hydrogens is 760 g/mol. The number of carbonyl (C=O) groups excluding carboxylic acids is 5. The first-order chi connectivity index (χ1) is 28.1.